The van der Waals surface area contributed by atoms with Gasteiger partial charge in [0, 0.05) is 39.9 Å². The summed E-state index contributed by atoms with van der Waals surface area (Å²) >= 11 is 0. The molecule has 1 atom stereocenters. The van der Waals surface area contributed by atoms with Gasteiger partial charge in [-0.3, -0.25) is 9.89 Å². The fourth-order valence-corrected chi connectivity index (χ4v) is 3.54. The highest BCUT2D eigenvalue weighted by molar-refractivity contribution is 5.79. The molecule has 0 bridgehead atoms. The molecule has 150 valence electrons. The lowest BCUT2D eigenvalue weighted by molar-refractivity contribution is 0.0420. The molecule has 2 heterocycles. The Morgan fingerprint density at radius 1 is 1.19 bits per heavy atom. The zero-order valence-corrected chi connectivity index (χ0v) is 16.6. The Morgan fingerprint density at radius 3 is 2.67 bits per heavy atom. The van der Waals surface area contributed by atoms with Gasteiger partial charge in [-0.1, -0.05) is 24.3 Å². The van der Waals surface area contributed by atoms with Crippen molar-refractivity contribution in [2.24, 2.45) is 4.99 Å². The molecule has 0 aromatic heterocycles. The monoisotopic (exact) mass is 374 g/mol. The van der Waals surface area contributed by atoms with E-state index in [1.165, 1.54) is 37.1 Å². The lowest BCUT2D eigenvalue weighted by Crippen LogP contribution is -2.37. The number of hydrogen-bond acceptors (Lipinski definition) is 4. The number of aliphatic imine (C=N–C) groups is 1. The summed E-state index contributed by atoms with van der Waals surface area (Å²) < 4.78 is 11.1. The summed E-state index contributed by atoms with van der Waals surface area (Å²) in [6.07, 6.45) is 4.95. The zero-order valence-electron chi connectivity index (χ0n) is 16.6. The van der Waals surface area contributed by atoms with E-state index >= 15 is 0 Å². The predicted octanol–water partition coefficient (Wildman–Crippen LogP) is 2.14. The second kappa shape index (κ2) is 11.3. The molecule has 1 aromatic carbocycles. The Labute approximate surface area is 163 Å². The molecule has 2 fully saturated rings. The summed E-state index contributed by atoms with van der Waals surface area (Å²) in [6.45, 7) is 7.52. The summed E-state index contributed by atoms with van der Waals surface area (Å²) in [6, 6.07) is 8.91. The maximum Gasteiger partial charge on any atom is 0.191 e. The number of ether oxygens (including phenoxy) is 2. The molecule has 2 saturated heterocycles. The minimum atomic E-state index is 0.288. The van der Waals surface area contributed by atoms with Crippen molar-refractivity contribution >= 4 is 5.96 Å². The third kappa shape index (κ3) is 7.13. The molecule has 6 heteroatoms. The summed E-state index contributed by atoms with van der Waals surface area (Å²) in [7, 11) is 1.81. The van der Waals surface area contributed by atoms with Gasteiger partial charge in [0.15, 0.2) is 5.96 Å². The fourth-order valence-electron chi connectivity index (χ4n) is 3.54. The summed E-state index contributed by atoms with van der Waals surface area (Å²) in [5.41, 5.74) is 2.67. The molecule has 27 heavy (non-hydrogen) atoms. The van der Waals surface area contributed by atoms with Crippen molar-refractivity contribution in [3.8, 4) is 0 Å². The Morgan fingerprint density at radius 2 is 1.96 bits per heavy atom. The van der Waals surface area contributed by atoms with E-state index in [0.717, 1.165) is 58.3 Å². The summed E-state index contributed by atoms with van der Waals surface area (Å²) in [4.78, 5) is 6.82. The van der Waals surface area contributed by atoms with Crippen LogP contribution in [0.25, 0.3) is 0 Å². The quantitative estimate of drug-likeness (QED) is 0.394. The van der Waals surface area contributed by atoms with Crippen LogP contribution in [0.3, 0.4) is 0 Å². The number of benzene rings is 1. The fraction of sp³-hybridized carbons (Fsp3) is 0.667. The van der Waals surface area contributed by atoms with Crippen molar-refractivity contribution in [2.45, 2.75) is 44.9 Å². The Kier molecular flexibility index (Phi) is 8.39. The maximum absolute atomic E-state index is 5.78. The van der Waals surface area contributed by atoms with Crippen LogP contribution in [0.5, 0.6) is 0 Å². The molecular formula is C21H34N4O2. The molecule has 0 spiro atoms. The van der Waals surface area contributed by atoms with E-state index in [1.807, 2.05) is 0 Å². The van der Waals surface area contributed by atoms with Crippen molar-refractivity contribution in [1.29, 1.82) is 0 Å². The first-order valence-electron chi connectivity index (χ1n) is 10.3. The number of likely N-dealkylation sites (tertiary alicyclic amines) is 1. The number of hydrogen-bond donors (Lipinski definition) is 2. The average Bonchev–Trinajstić information content (AvgIpc) is 3.39. The van der Waals surface area contributed by atoms with Gasteiger partial charge in [0.05, 0.1) is 12.7 Å². The minimum absolute atomic E-state index is 0.288. The second-order valence-corrected chi connectivity index (χ2v) is 7.36. The van der Waals surface area contributed by atoms with Crippen molar-refractivity contribution in [3.63, 3.8) is 0 Å². The smallest absolute Gasteiger partial charge is 0.191 e. The number of rotatable bonds is 9. The van der Waals surface area contributed by atoms with Crippen LogP contribution >= 0.6 is 0 Å². The molecule has 1 unspecified atom stereocenters. The molecule has 0 amide bonds. The molecule has 6 nitrogen and oxygen atoms in total. The van der Waals surface area contributed by atoms with E-state index in [9.17, 15) is 0 Å². The highest BCUT2D eigenvalue weighted by Gasteiger charge is 2.15. The second-order valence-electron chi connectivity index (χ2n) is 7.36. The third-order valence-electron chi connectivity index (χ3n) is 5.17. The molecule has 2 aliphatic rings. The Balaban J connectivity index is 1.30. The van der Waals surface area contributed by atoms with Gasteiger partial charge in [0.1, 0.15) is 0 Å². The lowest BCUT2D eigenvalue weighted by atomic mass is 10.1. The maximum atomic E-state index is 5.78. The first-order valence-corrected chi connectivity index (χ1v) is 10.3. The largest absolute Gasteiger partial charge is 0.379 e. The lowest BCUT2D eigenvalue weighted by Gasteiger charge is -2.15. The van der Waals surface area contributed by atoms with E-state index in [0.29, 0.717) is 0 Å². The van der Waals surface area contributed by atoms with Crippen LogP contribution < -0.4 is 10.6 Å². The van der Waals surface area contributed by atoms with Crippen molar-refractivity contribution in [2.75, 3.05) is 46.5 Å². The first-order chi connectivity index (χ1) is 13.3. The molecule has 1 aromatic rings. The van der Waals surface area contributed by atoms with Crippen LogP contribution in [0.1, 0.15) is 36.8 Å². The van der Waals surface area contributed by atoms with E-state index in [4.69, 9.17) is 9.47 Å². The number of nitrogens with zero attached hydrogens (tertiary/aromatic N) is 2. The molecule has 2 N–H and O–H groups in total. The Hall–Kier alpha value is -1.63. The highest BCUT2D eigenvalue weighted by Crippen LogP contribution is 2.13. The predicted molar refractivity (Wildman–Crippen MR) is 109 cm³/mol. The van der Waals surface area contributed by atoms with E-state index in [2.05, 4.69) is 44.8 Å². The minimum Gasteiger partial charge on any atom is -0.379 e. The van der Waals surface area contributed by atoms with Crippen molar-refractivity contribution < 1.29 is 9.47 Å². The number of nitrogens with one attached hydrogen (secondary N) is 2. The SMILES string of the molecule is CN=C(NCCCOC1CCOC1)NCc1ccc(CN2CCCC2)cc1. The first kappa shape index (κ1) is 20.1. The van der Waals surface area contributed by atoms with Gasteiger partial charge in [-0.15, -0.1) is 0 Å². The Bertz CT molecular complexity index is 564. The van der Waals surface area contributed by atoms with Crippen LogP contribution in [0.2, 0.25) is 0 Å². The van der Waals surface area contributed by atoms with Crippen molar-refractivity contribution in [1.82, 2.24) is 15.5 Å². The molecule has 0 radical (unpaired) electrons. The average molecular weight is 375 g/mol. The molecule has 3 rings (SSSR count). The summed E-state index contributed by atoms with van der Waals surface area (Å²) in [5.74, 6) is 0.834. The van der Waals surface area contributed by atoms with Crippen LogP contribution in [0.15, 0.2) is 29.3 Å². The van der Waals surface area contributed by atoms with Crippen LogP contribution in [-0.4, -0.2) is 63.5 Å². The molecular weight excluding hydrogens is 340 g/mol. The van der Waals surface area contributed by atoms with Crippen LogP contribution in [0, 0.1) is 0 Å². The van der Waals surface area contributed by atoms with Gasteiger partial charge in [0.25, 0.3) is 0 Å². The highest BCUT2D eigenvalue weighted by atomic mass is 16.5. The molecule has 0 aliphatic carbocycles. The van der Waals surface area contributed by atoms with E-state index in [-0.39, 0.29) is 6.10 Å². The van der Waals surface area contributed by atoms with Crippen LogP contribution in [-0.2, 0) is 22.6 Å². The van der Waals surface area contributed by atoms with Gasteiger partial charge < -0.3 is 20.1 Å². The van der Waals surface area contributed by atoms with Gasteiger partial charge >= 0.3 is 0 Å². The van der Waals surface area contributed by atoms with Crippen LogP contribution in [0.4, 0.5) is 0 Å². The zero-order chi connectivity index (χ0) is 18.7. The standard InChI is InChI=1S/C21H34N4O2/c1-22-21(23-10-4-13-27-20-9-14-26-17-20)24-15-18-5-7-19(8-6-18)16-25-11-2-3-12-25/h5-8,20H,2-4,9-17H2,1H3,(H2,22,23,24). The summed E-state index contributed by atoms with van der Waals surface area (Å²) in [5, 5.41) is 6.72. The van der Waals surface area contributed by atoms with Gasteiger partial charge in [0.2, 0.25) is 0 Å². The normalized spacial score (nSPS) is 20.9. The van der Waals surface area contributed by atoms with Gasteiger partial charge in [-0.05, 0) is 49.9 Å². The van der Waals surface area contributed by atoms with E-state index in [1.54, 1.807) is 7.05 Å². The molecule has 2 aliphatic heterocycles. The molecule has 0 saturated carbocycles. The van der Waals surface area contributed by atoms with E-state index < -0.39 is 0 Å². The van der Waals surface area contributed by atoms with Crippen molar-refractivity contribution in [3.05, 3.63) is 35.4 Å². The topological polar surface area (TPSA) is 58.1 Å². The third-order valence-corrected chi connectivity index (χ3v) is 5.17. The van der Waals surface area contributed by atoms with Gasteiger partial charge in [-0.2, -0.15) is 0 Å². The van der Waals surface area contributed by atoms with Gasteiger partial charge in [-0.25, -0.2) is 0 Å². The number of guanidine groups is 1.